The van der Waals surface area contributed by atoms with Crippen molar-refractivity contribution >= 4 is 11.6 Å². The highest BCUT2D eigenvalue weighted by Gasteiger charge is 2.25. The van der Waals surface area contributed by atoms with Crippen LogP contribution in [0.5, 0.6) is 0 Å². The average molecular weight is 303 g/mol. The predicted molar refractivity (Wildman–Crippen MR) is 90.0 cm³/mol. The molecule has 1 heterocycles. The van der Waals surface area contributed by atoms with Crippen LogP contribution in [0, 0.1) is 13.8 Å². The molecule has 0 bridgehead atoms. The van der Waals surface area contributed by atoms with Gasteiger partial charge in [0.05, 0.1) is 11.1 Å². The minimum Gasteiger partial charge on any atom is -0.361 e. The summed E-state index contributed by atoms with van der Waals surface area (Å²) in [7, 11) is 0. The van der Waals surface area contributed by atoms with E-state index in [0.717, 1.165) is 11.4 Å². The van der Waals surface area contributed by atoms with Gasteiger partial charge in [0.1, 0.15) is 0 Å². The van der Waals surface area contributed by atoms with Crippen molar-refractivity contribution in [3.05, 3.63) is 94.3 Å². The van der Waals surface area contributed by atoms with Gasteiger partial charge in [-0.25, -0.2) is 0 Å². The van der Waals surface area contributed by atoms with Gasteiger partial charge in [0.2, 0.25) is 0 Å². The Balaban J connectivity index is 2.12. The maximum Gasteiger partial charge on any atom is 0.195 e. The van der Waals surface area contributed by atoms with E-state index in [2.05, 4.69) is 4.98 Å². The molecule has 114 valence electrons. The molecule has 0 saturated carbocycles. The fourth-order valence-electron chi connectivity index (χ4n) is 2.82. The van der Waals surface area contributed by atoms with Gasteiger partial charge in [-0.05, 0) is 13.8 Å². The summed E-state index contributed by atoms with van der Waals surface area (Å²) >= 11 is 0. The minimum absolute atomic E-state index is 0.133. The van der Waals surface area contributed by atoms with E-state index < -0.39 is 0 Å². The molecule has 2 aromatic carbocycles. The zero-order valence-electron chi connectivity index (χ0n) is 13.1. The summed E-state index contributed by atoms with van der Waals surface area (Å²) in [6.45, 7) is 3.65. The summed E-state index contributed by atoms with van der Waals surface area (Å²) in [4.78, 5) is 28.9. The molecule has 1 N–H and O–H groups in total. The number of ketones is 2. The summed E-state index contributed by atoms with van der Waals surface area (Å²) in [5.41, 5.74) is 3.52. The van der Waals surface area contributed by atoms with Crippen LogP contribution in [0.4, 0.5) is 0 Å². The van der Waals surface area contributed by atoms with Crippen LogP contribution in [0.3, 0.4) is 0 Å². The summed E-state index contributed by atoms with van der Waals surface area (Å²) < 4.78 is 0. The normalized spacial score (nSPS) is 10.5. The number of hydrogen-bond donors (Lipinski definition) is 1. The Morgan fingerprint density at radius 3 is 1.35 bits per heavy atom. The molecule has 23 heavy (non-hydrogen) atoms. The number of carbonyl (C=O) groups is 2. The third-order valence-corrected chi connectivity index (χ3v) is 3.90. The molecule has 3 heteroatoms. The maximum atomic E-state index is 12.9. The monoisotopic (exact) mass is 303 g/mol. The summed E-state index contributed by atoms with van der Waals surface area (Å²) in [6.07, 6.45) is 0. The van der Waals surface area contributed by atoms with Crippen LogP contribution in [0.25, 0.3) is 0 Å². The SMILES string of the molecule is Cc1[nH]c(C)c(C(=O)c2ccccc2)c1C(=O)c1ccccc1. The molecule has 0 unspecified atom stereocenters. The van der Waals surface area contributed by atoms with Crippen LogP contribution >= 0.6 is 0 Å². The Morgan fingerprint density at radius 1 is 0.652 bits per heavy atom. The molecular formula is C20H17NO2. The van der Waals surface area contributed by atoms with Crippen molar-refractivity contribution in [3.8, 4) is 0 Å². The van der Waals surface area contributed by atoms with E-state index >= 15 is 0 Å². The van der Waals surface area contributed by atoms with Gasteiger partial charge in [-0.15, -0.1) is 0 Å². The molecule has 0 aliphatic rings. The number of benzene rings is 2. The smallest absolute Gasteiger partial charge is 0.195 e. The van der Waals surface area contributed by atoms with Crippen LogP contribution in [0.2, 0.25) is 0 Å². The van der Waals surface area contributed by atoms with Crippen molar-refractivity contribution in [1.29, 1.82) is 0 Å². The first-order valence-corrected chi connectivity index (χ1v) is 7.48. The molecule has 3 aromatic rings. The molecule has 0 saturated heterocycles. The van der Waals surface area contributed by atoms with Gasteiger partial charge in [0, 0.05) is 22.5 Å². The number of aryl methyl sites for hydroxylation is 2. The lowest BCUT2D eigenvalue weighted by Gasteiger charge is -2.06. The Hall–Kier alpha value is -2.94. The highest BCUT2D eigenvalue weighted by molar-refractivity contribution is 6.20. The number of aromatic amines is 1. The molecule has 0 aliphatic heterocycles. The fraction of sp³-hybridized carbons (Fsp3) is 0.100. The van der Waals surface area contributed by atoms with Crippen LogP contribution in [0.15, 0.2) is 60.7 Å². The zero-order valence-corrected chi connectivity index (χ0v) is 13.1. The first-order valence-electron chi connectivity index (χ1n) is 7.48. The lowest BCUT2D eigenvalue weighted by atomic mass is 9.94. The van der Waals surface area contributed by atoms with Gasteiger partial charge in [-0.2, -0.15) is 0 Å². The molecule has 0 atom stereocenters. The van der Waals surface area contributed by atoms with E-state index in [1.165, 1.54) is 0 Å². The molecular weight excluding hydrogens is 286 g/mol. The summed E-state index contributed by atoms with van der Waals surface area (Å²) in [5, 5.41) is 0. The summed E-state index contributed by atoms with van der Waals surface area (Å²) in [6, 6.07) is 18.1. The van der Waals surface area contributed by atoms with Gasteiger partial charge >= 0.3 is 0 Å². The Bertz CT molecular complexity index is 789. The average Bonchev–Trinajstić information content (AvgIpc) is 2.89. The standard InChI is InChI=1S/C20H17NO2/c1-13-17(19(22)15-9-5-3-6-10-15)18(14(2)21-13)20(23)16-11-7-4-8-12-16/h3-12,21H,1-2H3. The van der Waals surface area contributed by atoms with E-state index in [1.54, 1.807) is 24.3 Å². The number of carbonyl (C=O) groups excluding carboxylic acids is 2. The van der Waals surface area contributed by atoms with Gasteiger partial charge in [-0.3, -0.25) is 9.59 Å². The van der Waals surface area contributed by atoms with Crippen molar-refractivity contribution < 1.29 is 9.59 Å². The fourth-order valence-corrected chi connectivity index (χ4v) is 2.82. The van der Waals surface area contributed by atoms with Crippen molar-refractivity contribution in [2.75, 3.05) is 0 Å². The third-order valence-electron chi connectivity index (χ3n) is 3.90. The Kier molecular flexibility index (Phi) is 3.94. The van der Waals surface area contributed by atoms with Gasteiger partial charge in [0.15, 0.2) is 11.6 Å². The van der Waals surface area contributed by atoms with E-state index in [0.29, 0.717) is 22.3 Å². The number of H-pyrrole nitrogens is 1. The molecule has 1 aromatic heterocycles. The predicted octanol–water partition coefficient (Wildman–Crippen LogP) is 4.09. The largest absolute Gasteiger partial charge is 0.361 e. The second-order valence-electron chi connectivity index (χ2n) is 5.52. The molecule has 0 radical (unpaired) electrons. The summed E-state index contributed by atoms with van der Waals surface area (Å²) in [5.74, 6) is -0.265. The van der Waals surface area contributed by atoms with Crippen LogP contribution in [0.1, 0.15) is 43.2 Å². The van der Waals surface area contributed by atoms with Crippen molar-refractivity contribution in [2.24, 2.45) is 0 Å². The third kappa shape index (κ3) is 2.73. The molecule has 0 fully saturated rings. The first-order chi connectivity index (χ1) is 11.1. The second-order valence-corrected chi connectivity index (χ2v) is 5.52. The second kappa shape index (κ2) is 6.05. The lowest BCUT2D eigenvalue weighted by Crippen LogP contribution is -2.11. The maximum absolute atomic E-state index is 12.9. The Labute approximate surface area is 135 Å². The highest BCUT2D eigenvalue weighted by Crippen LogP contribution is 2.24. The van der Waals surface area contributed by atoms with Crippen LogP contribution < -0.4 is 0 Å². The molecule has 0 aliphatic carbocycles. The van der Waals surface area contributed by atoms with Crippen molar-refractivity contribution in [2.45, 2.75) is 13.8 Å². The van der Waals surface area contributed by atoms with E-state index in [1.807, 2.05) is 50.2 Å². The van der Waals surface area contributed by atoms with Gasteiger partial charge < -0.3 is 4.98 Å². The zero-order chi connectivity index (χ0) is 16.4. The minimum atomic E-state index is -0.133. The first kappa shape index (κ1) is 15.0. The number of hydrogen-bond acceptors (Lipinski definition) is 2. The van der Waals surface area contributed by atoms with Crippen LogP contribution in [-0.4, -0.2) is 16.6 Å². The number of aromatic nitrogens is 1. The van der Waals surface area contributed by atoms with E-state index in [9.17, 15) is 9.59 Å². The van der Waals surface area contributed by atoms with E-state index in [4.69, 9.17) is 0 Å². The van der Waals surface area contributed by atoms with Crippen LogP contribution in [-0.2, 0) is 0 Å². The quantitative estimate of drug-likeness (QED) is 0.738. The van der Waals surface area contributed by atoms with E-state index in [-0.39, 0.29) is 11.6 Å². The molecule has 0 amide bonds. The van der Waals surface area contributed by atoms with Gasteiger partial charge in [-0.1, -0.05) is 60.7 Å². The lowest BCUT2D eigenvalue weighted by molar-refractivity contribution is 0.100. The molecule has 3 nitrogen and oxygen atoms in total. The number of rotatable bonds is 4. The molecule has 0 spiro atoms. The Morgan fingerprint density at radius 2 is 1.00 bits per heavy atom. The topological polar surface area (TPSA) is 49.9 Å². The highest BCUT2D eigenvalue weighted by atomic mass is 16.1. The van der Waals surface area contributed by atoms with Crippen molar-refractivity contribution in [3.63, 3.8) is 0 Å². The van der Waals surface area contributed by atoms with Gasteiger partial charge in [0.25, 0.3) is 0 Å². The molecule has 3 rings (SSSR count). The van der Waals surface area contributed by atoms with Crippen molar-refractivity contribution in [1.82, 2.24) is 4.98 Å². The number of nitrogens with one attached hydrogen (secondary N) is 1.